The lowest BCUT2D eigenvalue weighted by molar-refractivity contribution is -0.384. The van der Waals surface area contributed by atoms with Crippen LogP contribution in [0.15, 0.2) is 36.4 Å². The summed E-state index contributed by atoms with van der Waals surface area (Å²) in [5, 5.41) is 14.0. The number of fused-ring (bicyclic) bond motifs is 1. The highest BCUT2D eigenvalue weighted by Crippen LogP contribution is 2.36. The van der Waals surface area contributed by atoms with Gasteiger partial charge in [0, 0.05) is 24.5 Å². The quantitative estimate of drug-likeness (QED) is 0.377. The SMILES string of the molecule is COc1cc([N+](=O)[O-])cc2sc(NC(=O)c3cccc(N4C(=O)CCC4=O)c3)nc12. The lowest BCUT2D eigenvalue weighted by Crippen LogP contribution is -2.28. The number of ether oxygens (including phenoxy) is 1. The number of non-ortho nitro benzene ring substituents is 1. The number of aromatic nitrogens is 1. The Morgan fingerprint density at radius 3 is 2.63 bits per heavy atom. The monoisotopic (exact) mass is 426 g/mol. The van der Waals surface area contributed by atoms with E-state index in [0.717, 1.165) is 16.2 Å². The molecule has 0 unspecified atom stereocenters. The Morgan fingerprint density at radius 1 is 1.23 bits per heavy atom. The smallest absolute Gasteiger partial charge is 0.274 e. The molecule has 4 rings (SSSR count). The van der Waals surface area contributed by atoms with Crippen LogP contribution in [0.25, 0.3) is 10.2 Å². The molecule has 0 radical (unpaired) electrons. The fourth-order valence-corrected chi connectivity index (χ4v) is 4.03. The van der Waals surface area contributed by atoms with E-state index in [4.69, 9.17) is 4.74 Å². The second-order valence-electron chi connectivity index (χ2n) is 6.40. The van der Waals surface area contributed by atoms with Crippen molar-refractivity contribution in [2.75, 3.05) is 17.3 Å². The maximum atomic E-state index is 12.7. The predicted molar refractivity (Wildman–Crippen MR) is 109 cm³/mol. The summed E-state index contributed by atoms with van der Waals surface area (Å²) in [7, 11) is 1.38. The molecule has 3 aromatic rings. The number of anilines is 2. The zero-order valence-corrected chi connectivity index (χ0v) is 16.4. The molecule has 1 N–H and O–H groups in total. The van der Waals surface area contributed by atoms with Crippen LogP contribution >= 0.6 is 11.3 Å². The largest absolute Gasteiger partial charge is 0.494 e. The van der Waals surface area contributed by atoms with Crippen molar-refractivity contribution in [3.63, 3.8) is 0 Å². The number of hydrogen-bond donors (Lipinski definition) is 1. The van der Waals surface area contributed by atoms with Crippen LogP contribution in [0.2, 0.25) is 0 Å². The van der Waals surface area contributed by atoms with Gasteiger partial charge in [0.1, 0.15) is 5.52 Å². The fourth-order valence-electron chi connectivity index (χ4n) is 3.12. The second-order valence-corrected chi connectivity index (χ2v) is 7.43. The first-order chi connectivity index (χ1) is 14.4. The number of nitrogens with zero attached hydrogens (tertiary/aromatic N) is 3. The van der Waals surface area contributed by atoms with Crippen molar-refractivity contribution >= 4 is 55.8 Å². The third-order valence-electron chi connectivity index (χ3n) is 4.51. The third-order valence-corrected chi connectivity index (χ3v) is 5.43. The molecule has 0 bridgehead atoms. The van der Waals surface area contributed by atoms with Crippen molar-refractivity contribution < 1.29 is 24.0 Å². The van der Waals surface area contributed by atoms with E-state index >= 15 is 0 Å². The van der Waals surface area contributed by atoms with Gasteiger partial charge in [-0.3, -0.25) is 34.7 Å². The highest BCUT2D eigenvalue weighted by Gasteiger charge is 2.30. The molecule has 1 aliphatic rings. The summed E-state index contributed by atoms with van der Waals surface area (Å²) >= 11 is 1.07. The number of hydrogen-bond acceptors (Lipinski definition) is 8. The molecule has 1 aromatic heterocycles. The van der Waals surface area contributed by atoms with Gasteiger partial charge in [-0.05, 0) is 18.2 Å². The van der Waals surface area contributed by atoms with Crippen molar-refractivity contribution in [2.24, 2.45) is 0 Å². The summed E-state index contributed by atoms with van der Waals surface area (Å²) < 4.78 is 5.66. The minimum absolute atomic E-state index is 0.145. The molecule has 2 aromatic carbocycles. The summed E-state index contributed by atoms with van der Waals surface area (Å²) in [5.74, 6) is -0.887. The number of rotatable bonds is 5. The molecule has 1 aliphatic heterocycles. The van der Waals surface area contributed by atoms with Crippen molar-refractivity contribution in [2.45, 2.75) is 12.8 Å². The Morgan fingerprint density at radius 2 is 1.97 bits per heavy atom. The van der Waals surface area contributed by atoms with Crippen molar-refractivity contribution in [3.8, 4) is 5.75 Å². The van der Waals surface area contributed by atoms with Crippen molar-refractivity contribution in [1.82, 2.24) is 4.98 Å². The maximum absolute atomic E-state index is 12.7. The van der Waals surface area contributed by atoms with Gasteiger partial charge in [-0.1, -0.05) is 17.4 Å². The Bertz CT molecular complexity index is 1200. The summed E-state index contributed by atoms with van der Waals surface area (Å²) in [6, 6.07) is 8.78. The van der Waals surface area contributed by atoms with Gasteiger partial charge in [0.15, 0.2) is 10.9 Å². The van der Waals surface area contributed by atoms with Gasteiger partial charge in [0.2, 0.25) is 11.8 Å². The maximum Gasteiger partial charge on any atom is 0.274 e. The Balaban J connectivity index is 1.62. The minimum atomic E-state index is -0.535. The number of imide groups is 1. The summed E-state index contributed by atoms with van der Waals surface area (Å²) in [6.07, 6.45) is 0.295. The number of benzene rings is 2. The van der Waals surface area contributed by atoms with E-state index in [9.17, 15) is 24.5 Å². The number of thiazole rings is 1. The van der Waals surface area contributed by atoms with E-state index in [-0.39, 0.29) is 46.8 Å². The normalized spacial score (nSPS) is 13.7. The van der Waals surface area contributed by atoms with Crippen LogP contribution < -0.4 is 15.0 Å². The van der Waals surface area contributed by atoms with E-state index in [2.05, 4.69) is 10.3 Å². The van der Waals surface area contributed by atoms with Gasteiger partial charge in [0.25, 0.3) is 11.6 Å². The number of carbonyl (C=O) groups is 3. The van der Waals surface area contributed by atoms with Gasteiger partial charge in [-0.15, -0.1) is 0 Å². The van der Waals surface area contributed by atoms with E-state index in [0.29, 0.717) is 15.9 Å². The molecule has 2 heterocycles. The summed E-state index contributed by atoms with van der Waals surface area (Å²) in [6.45, 7) is 0. The Hall–Kier alpha value is -3.86. The molecule has 0 atom stereocenters. The van der Waals surface area contributed by atoms with Crippen LogP contribution in [-0.2, 0) is 9.59 Å². The predicted octanol–water partition coefficient (Wildman–Crippen LogP) is 3.12. The highest BCUT2D eigenvalue weighted by atomic mass is 32.1. The number of nitro groups is 1. The topological polar surface area (TPSA) is 132 Å². The average molecular weight is 426 g/mol. The molecule has 3 amide bonds. The van der Waals surface area contributed by atoms with E-state index in [1.165, 1.54) is 25.3 Å². The van der Waals surface area contributed by atoms with Crippen molar-refractivity contribution in [1.29, 1.82) is 0 Å². The minimum Gasteiger partial charge on any atom is -0.494 e. The number of carbonyl (C=O) groups excluding carboxylic acids is 3. The molecule has 0 spiro atoms. The van der Waals surface area contributed by atoms with Gasteiger partial charge in [0.05, 0.1) is 28.5 Å². The standard InChI is InChI=1S/C19H14N4O6S/c1-29-13-8-12(23(27)28)9-14-17(13)20-19(30-14)21-18(26)10-3-2-4-11(7-10)22-15(24)5-6-16(22)25/h2-4,7-9H,5-6H2,1H3,(H,20,21,26). The van der Waals surface area contributed by atoms with Gasteiger partial charge >= 0.3 is 0 Å². The molecular formula is C19H14N4O6S. The first kappa shape index (κ1) is 19.5. The average Bonchev–Trinajstić information content (AvgIpc) is 3.29. The fraction of sp³-hybridized carbons (Fsp3) is 0.158. The lowest BCUT2D eigenvalue weighted by Gasteiger charge is -2.14. The number of methoxy groups -OCH3 is 1. The zero-order valence-electron chi connectivity index (χ0n) is 15.6. The van der Waals surface area contributed by atoms with Gasteiger partial charge < -0.3 is 4.74 Å². The molecule has 11 heteroatoms. The van der Waals surface area contributed by atoms with Crippen LogP contribution in [0, 0.1) is 10.1 Å². The summed E-state index contributed by atoms with van der Waals surface area (Å²) in [5.41, 5.74) is 0.813. The first-order valence-electron chi connectivity index (χ1n) is 8.77. The molecule has 1 fully saturated rings. The van der Waals surface area contributed by atoms with E-state index in [1.54, 1.807) is 18.2 Å². The zero-order chi connectivity index (χ0) is 21.4. The van der Waals surface area contributed by atoms with Crippen LogP contribution in [0.3, 0.4) is 0 Å². The summed E-state index contributed by atoms with van der Waals surface area (Å²) in [4.78, 5) is 52.4. The molecule has 152 valence electrons. The van der Waals surface area contributed by atoms with Crippen LogP contribution in [0.5, 0.6) is 5.75 Å². The molecule has 1 saturated heterocycles. The van der Waals surface area contributed by atoms with Crippen LogP contribution in [-0.4, -0.2) is 34.7 Å². The number of amides is 3. The van der Waals surface area contributed by atoms with Crippen molar-refractivity contribution in [3.05, 3.63) is 52.1 Å². The van der Waals surface area contributed by atoms with Crippen LogP contribution in [0.1, 0.15) is 23.2 Å². The van der Waals surface area contributed by atoms with Crippen LogP contribution in [0.4, 0.5) is 16.5 Å². The highest BCUT2D eigenvalue weighted by molar-refractivity contribution is 7.22. The number of nitro benzene ring substituents is 1. The van der Waals surface area contributed by atoms with Gasteiger partial charge in [-0.25, -0.2) is 4.98 Å². The molecule has 30 heavy (non-hydrogen) atoms. The lowest BCUT2D eigenvalue weighted by atomic mass is 10.2. The molecule has 0 saturated carbocycles. The molecular weight excluding hydrogens is 412 g/mol. The first-order valence-corrected chi connectivity index (χ1v) is 9.59. The number of nitrogens with one attached hydrogen (secondary N) is 1. The van der Waals surface area contributed by atoms with E-state index < -0.39 is 10.8 Å². The Kier molecular flexibility index (Phi) is 4.88. The Labute approximate surface area is 173 Å². The third kappa shape index (κ3) is 3.46. The van der Waals surface area contributed by atoms with E-state index in [1.807, 2.05) is 0 Å². The molecule has 0 aliphatic carbocycles. The molecule has 10 nitrogen and oxygen atoms in total. The van der Waals surface area contributed by atoms with Gasteiger partial charge in [-0.2, -0.15) is 0 Å². The second kappa shape index (κ2) is 7.52.